The van der Waals surface area contributed by atoms with E-state index < -0.39 is 0 Å². The zero-order valence-electron chi connectivity index (χ0n) is 8.88. The van der Waals surface area contributed by atoms with Crippen molar-refractivity contribution in [3.63, 3.8) is 0 Å². The van der Waals surface area contributed by atoms with Crippen molar-refractivity contribution >= 4 is 27.5 Å². The molecule has 0 saturated carbocycles. The molecule has 0 spiro atoms. The first-order valence-corrected chi connectivity index (χ1v) is 5.63. The maximum atomic E-state index is 11.7. The van der Waals surface area contributed by atoms with Gasteiger partial charge in [-0.3, -0.25) is 4.79 Å². The van der Waals surface area contributed by atoms with Crippen LogP contribution in [-0.4, -0.2) is 12.5 Å². The van der Waals surface area contributed by atoms with Gasteiger partial charge in [0.05, 0.1) is 5.56 Å². The van der Waals surface area contributed by atoms with E-state index in [1.807, 2.05) is 0 Å². The highest BCUT2D eigenvalue weighted by Crippen LogP contribution is 2.19. The Labute approximate surface area is 98.2 Å². The summed E-state index contributed by atoms with van der Waals surface area (Å²) in [7, 11) is 0. The van der Waals surface area contributed by atoms with Crippen LogP contribution in [0.1, 0.15) is 24.2 Å². The van der Waals surface area contributed by atoms with Crippen molar-refractivity contribution in [2.45, 2.75) is 13.8 Å². The third-order valence-electron chi connectivity index (χ3n) is 1.91. The van der Waals surface area contributed by atoms with Crippen molar-refractivity contribution in [3.05, 3.63) is 28.2 Å². The molecule has 3 N–H and O–H groups in total. The average Bonchev–Trinajstić information content (AvgIpc) is 2.18. The Morgan fingerprint density at radius 3 is 2.80 bits per heavy atom. The molecule has 15 heavy (non-hydrogen) atoms. The number of nitrogens with one attached hydrogen (secondary N) is 1. The van der Waals surface area contributed by atoms with Crippen LogP contribution in [0, 0.1) is 5.92 Å². The summed E-state index contributed by atoms with van der Waals surface area (Å²) in [6.45, 7) is 4.77. The zero-order valence-corrected chi connectivity index (χ0v) is 10.5. The SMILES string of the molecule is CC(C)CNC(=O)c1cc(N)ccc1Br. The molecule has 0 aromatic heterocycles. The number of benzene rings is 1. The van der Waals surface area contributed by atoms with Gasteiger partial charge in [-0.05, 0) is 40.0 Å². The molecule has 82 valence electrons. The molecule has 1 rings (SSSR count). The van der Waals surface area contributed by atoms with E-state index in [9.17, 15) is 4.79 Å². The summed E-state index contributed by atoms with van der Waals surface area (Å²) in [6.07, 6.45) is 0. The van der Waals surface area contributed by atoms with Crippen molar-refractivity contribution in [3.8, 4) is 0 Å². The largest absolute Gasteiger partial charge is 0.399 e. The van der Waals surface area contributed by atoms with Crippen LogP contribution in [0.15, 0.2) is 22.7 Å². The summed E-state index contributed by atoms with van der Waals surface area (Å²) in [5.41, 5.74) is 6.79. The number of carbonyl (C=O) groups excluding carboxylic acids is 1. The molecule has 1 aromatic carbocycles. The second kappa shape index (κ2) is 5.16. The van der Waals surface area contributed by atoms with E-state index in [0.717, 1.165) is 4.47 Å². The normalized spacial score (nSPS) is 10.4. The number of nitrogen functional groups attached to an aromatic ring is 1. The third kappa shape index (κ3) is 3.55. The molecular weight excluding hydrogens is 256 g/mol. The first-order valence-electron chi connectivity index (χ1n) is 4.84. The molecule has 1 aromatic rings. The fourth-order valence-electron chi connectivity index (χ4n) is 1.11. The molecular formula is C11H15BrN2O. The first-order chi connectivity index (χ1) is 7.00. The van der Waals surface area contributed by atoms with Crippen LogP contribution in [0.25, 0.3) is 0 Å². The van der Waals surface area contributed by atoms with E-state index in [4.69, 9.17) is 5.73 Å². The Hall–Kier alpha value is -1.03. The predicted octanol–water partition coefficient (Wildman–Crippen LogP) is 2.42. The highest BCUT2D eigenvalue weighted by Gasteiger charge is 2.10. The molecule has 1 amide bonds. The van der Waals surface area contributed by atoms with Crippen LogP contribution in [0.3, 0.4) is 0 Å². The van der Waals surface area contributed by atoms with Gasteiger partial charge in [0.15, 0.2) is 0 Å². The Bertz CT molecular complexity index is 364. The summed E-state index contributed by atoms with van der Waals surface area (Å²) in [6, 6.07) is 5.20. The van der Waals surface area contributed by atoms with Crippen LogP contribution in [0.4, 0.5) is 5.69 Å². The van der Waals surface area contributed by atoms with Gasteiger partial charge in [-0.2, -0.15) is 0 Å². The Morgan fingerprint density at radius 2 is 2.20 bits per heavy atom. The maximum Gasteiger partial charge on any atom is 0.252 e. The van der Waals surface area contributed by atoms with Crippen LogP contribution < -0.4 is 11.1 Å². The van der Waals surface area contributed by atoms with Crippen LogP contribution >= 0.6 is 15.9 Å². The molecule has 0 heterocycles. The number of nitrogens with two attached hydrogens (primary N) is 1. The van der Waals surface area contributed by atoms with Gasteiger partial charge in [0.2, 0.25) is 0 Å². The lowest BCUT2D eigenvalue weighted by Gasteiger charge is -2.09. The zero-order chi connectivity index (χ0) is 11.4. The molecule has 0 unspecified atom stereocenters. The number of hydrogen-bond acceptors (Lipinski definition) is 2. The van der Waals surface area contributed by atoms with Crippen molar-refractivity contribution in [2.75, 3.05) is 12.3 Å². The smallest absolute Gasteiger partial charge is 0.252 e. The number of hydrogen-bond donors (Lipinski definition) is 2. The van der Waals surface area contributed by atoms with Gasteiger partial charge in [-0.15, -0.1) is 0 Å². The summed E-state index contributed by atoms with van der Waals surface area (Å²) >= 11 is 3.32. The number of rotatable bonds is 3. The molecule has 0 atom stereocenters. The lowest BCUT2D eigenvalue weighted by atomic mass is 10.1. The van der Waals surface area contributed by atoms with Gasteiger partial charge in [-0.25, -0.2) is 0 Å². The fraction of sp³-hybridized carbons (Fsp3) is 0.364. The van der Waals surface area contributed by atoms with E-state index in [1.165, 1.54) is 0 Å². The van der Waals surface area contributed by atoms with Gasteiger partial charge in [0.25, 0.3) is 5.91 Å². The lowest BCUT2D eigenvalue weighted by molar-refractivity contribution is 0.0948. The Morgan fingerprint density at radius 1 is 1.53 bits per heavy atom. The number of carbonyl (C=O) groups is 1. The van der Waals surface area contributed by atoms with Crippen LogP contribution in [0.2, 0.25) is 0 Å². The van der Waals surface area contributed by atoms with E-state index in [0.29, 0.717) is 23.7 Å². The predicted molar refractivity (Wildman–Crippen MR) is 65.7 cm³/mol. The molecule has 4 heteroatoms. The van der Waals surface area contributed by atoms with Gasteiger partial charge < -0.3 is 11.1 Å². The Balaban J connectivity index is 2.77. The second-order valence-electron chi connectivity index (χ2n) is 3.84. The molecule has 0 aliphatic heterocycles. The molecule has 0 bridgehead atoms. The highest BCUT2D eigenvalue weighted by atomic mass is 79.9. The van der Waals surface area contributed by atoms with E-state index in [-0.39, 0.29) is 5.91 Å². The fourth-order valence-corrected chi connectivity index (χ4v) is 1.54. The quantitative estimate of drug-likeness (QED) is 0.829. The van der Waals surface area contributed by atoms with Crippen molar-refractivity contribution in [1.82, 2.24) is 5.32 Å². The summed E-state index contributed by atoms with van der Waals surface area (Å²) in [5, 5.41) is 2.84. The lowest BCUT2D eigenvalue weighted by Crippen LogP contribution is -2.27. The standard InChI is InChI=1S/C11H15BrN2O/c1-7(2)6-14-11(15)9-5-8(13)3-4-10(9)12/h3-5,7H,6,13H2,1-2H3,(H,14,15). The minimum Gasteiger partial charge on any atom is -0.399 e. The van der Waals surface area contributed by atoms with Crippen LogP contribution in [0.5, 0.6) is 0 Å². The second-order valence-corrected chi connectivity index (χ2v) is 4.70. The van der Waals surface area contributed by atoms with Gasteiger partial charge in [0.1, 0.15) is 0 Å². The maximum absolute atomic E-state index is 11.7. The number of halogens is 1. The van der Waals surface area contributed by atoms with E-state index >= 15 is 0 Å². The summed E-state index contributed by atoms with van der Waals surface area (Å²) in [5.74, 6) is 0.344. The molecule has 0 aliphatic rings. The van der Waals surface area contributed by atoms with Crippen LogP contribution in [-0.2, 0) is 0 Å². The minimum absolute atomic E-state index is 0.0946. The van der Waals surface area contributed by atoms with E-state index in [2.05, 4.69) is 35.1 Å². The molecule has 0 aliphatic carbocycles. The van der Waals surface area contributed by atoms with Gasteiger partial charge in [-0.1, -0.05) is 13.8 Å². The topological polar surface area (TPSA) is 55.1 Å². The first kappa shape index (κ1) is 12.0. The molecule has 0 fully saturated rings. The molecule has 0 radical (unpaired) electrons. The number of amides is 1. The average molecular weight is 271 g/mol. The molecule has 0 saturated heterocycles. The molecule has 3 nitrogen and oxygen atoms in total. The van der Waals surface area contributed by atoms with Gasteiger partial charge in [0, 0.05) is 16.7 Å². The van der Waals surface area contributed by atoms with E-state index in [1.54, 1.807) is 18.2 Å². The third-order valence-corrected chi connectivity index (χ3v) is 2.60. The highest BCUT2D eigenvalue weighted by molar-refractivity contribution is 9.10. The summed E-state index contributed by atoms with van der Waals surface area (Å²) in [4.78, 5) is 11.7. The monoisotopic (exact) mass is 270 g/mol. The van der Waals surface area contributed by atoms with Gasteiger partial charge >= 0.3 is 0 Å². The summed E-state index contributed by atoms with van der Waals surface area (Å²) < 4.78 is 0.762. The Kier molecular flexibility index (Phi) is 4.15. The van der Waals surface area contributed by atoms with Crippen molar-refractivity contribution < 1.29 is 4.79 Å². The number of anilines is 1. The van der Waals surface area contributed by atoms with Crippen molar-refractivity contribution in [2.24, 2.45) is 5.92 Å². The van der Waals surface area contributed by atoms with Crippen molar-refractivity contribution in [1.29, 1.82) is 0 Å². The minimum atomic E-state index is -0.0946.